The highest BCUT2D eigenvalue weighted by molar-refractivity contribution is 5.67. The molecule has 44 heavy (non-hydrogen) atoms. The third kappa shape index (κ3) is 7.65. The summed E-state index contributed by atoms with van der Waals surface area (Å²) in [7, 11) is 0. The van der Waals surface area contributed by atoms with Gasteiger partial charge in [0.1, 0.15) is 5.75 Å². The second kappa shape index (κ2) is 14.9. The summed E-state index contributed by atoms with van der Waals surface area (Å²) < 4.78 is 22.6. The average Bonchev–Trinajstić information content (AvgIpc) is 3.43. The lowest BCUT2D eigenvalue weighted by Gasteiger charge is -2.16. The number of phenolic OH excluding ortho intramolecular Hbond substituents is 1. The third-order valence-electron chi connectivity index (χ3n) is 7.49. The van der Waals surface area contributed by atoms with Crippen molar-refractivity contribution in [3.05, 3.63) is 118 Å². The van der Waals surface area contributed by atoms with Crippen LogP contribution < -0.4 is 4.74 Å². The summed E-state index contributed by atoms with van der Waals surface area (Å²) in [6.45, 7) is 0.966. The smallest absolute Gasteiger partial charge is 0.216 e. The molecule has 0 aliphatic heterocycles. The van der Waals surface area contributed by atoms with E-state index in [0.717, 1.165) is 49.7 Å². The summed E-state index contributed by atoms with van der Waals surface area (Å²) >= 11 is 0. The minimum Gasteiger partial charge on any atom is -0.508 e. The van der Waals surface area contributed by atoms with Crippen molar-refractivity contribution in [3.8, 4) is 28.6 Å². The number of unbranched alkanes of at least 4 members (excludes halogenated alkanes) is 5. The van der Waals surface area contributed by atoms with E-state index in [1.165, 1.54) is 12.3 Å². The number of imidazole rings is 1. The Morgan fingerprint density at radius 3 is 2.36 bits per heavy atom. The van der Waals surface area contributed by atoms with Crippen LogP contribution >= 0.6 is 0 Å². The van der Waals surface area contributed by atoms with Crippen LogP contribution in [0.4, 0.5) is 4.39 Å². The van der Waals surface area contributed by atoms with Gasteiger partial charge in [-0.15, -0.1) is 0 Å². The number of phenols is 1. The number of rotatable bonds is 15. The first-order chi connectivity index (χ1) is 21.5. The summed E-state index contributed by atoms with van der Waals surface area (Å²) in [6.07, 6.45) is 8.03. The molecule has 2 N–H and O–H groups in total. The minimum absolute atomic E-state index is 0.0390. The first-order valence-corrected chi connectivity index (χ1v) is 14.9. The van der Waals surface area contributed by atoms with Crippen molar-refractivity contribution >= 4 is 5.65 Å². The lowest BCUT2D eigenvalue weighted by Crippen LogP contribution is -2.09. The van der Waals surface area contributed by atoms with Gasteiger partial charge in [-0.05, 0) is 65.9 Å². The Labute approximate surface area is 255 Å². The van der Waals surface area contributed by atoms with E-state index >= 15 is 4.39 Å². The summed E-state index contributed by atoms with van der Waals surface area (Å²) in [5.74, 6) is -0.158. The van der Waals surface area contributed by atoms with Crippen LogP contribution in [0.15, 0.2) is 84.1 Å². The molecule has 0 spiro atoms. The van der Waals surface area contributed by atoms with Crippen molar-refractivity contribution in [1.29, 1.82) is 0 Å². The van der Waals surface area contributed by atoms with Crippen molar-refractivity contribution in [2.24, 2.45) is 5.11 Å². The monoisotopic (exact) mass is 594 g/mol. The molecule has 226 valence electrons. The number of halogens is 1. The summed E-state index contributed by atoms with van der Waals surface area (Å²) in [5.41, 5.74) is 13.3. The molecule has 0 aliphatic carbocycles. The standard InChI is InChI=1S/C34H35FN6O3/c35-28-20-25(12-17-31(28)44-19-9-4-2-1-3-8-18-38-40-36)22-30-33(26-13-15-27(42)16-14-26)39-29(21-24-10-6-5-7-11-24)34-37-23-32(43)41(30)34/h5-7,10-17,20,23,42-43H,1-4,8-9,18-19,21-22H2. The van der Waals surface area contributed by atoms with E-state index in [9.17, 15) is 10.2 Å². The third-order valence-corrected chi connectivity index (χ3v) is 7.49. The van der Waals surface area contributed by atoms with Crippen molar-refractivity contribution < 1.29 is 19.3 Å². The van der Waals surface area contributed by atoms with E-state index in [4.69, 9.17) is 15.3 Å². The number of nitrogens with zero attached hydrogens (tertiary/aromatic N) is 6. The van der Waals surface area contributed by atoms with E-state index in [1.54, 1.807) is 34.7 Å². The molecule has 0 saturated heterocycles. The Hall–Kier alpha value is -5.08. The van der Waals surface area contributed by atoms with Crippen molar-refractivity contribution in [1.82, 2.24) is 14.4 Å². The lowest BCUT2D eigenvalue weighted by molar-refractivity contribution is 0.290. The van der Waals surface area contributed by atoms with Gasteiger partial charge in [0.15, 0.2) is 17.2 Å². The summed E-state index contributed by atoms with van der Waals surface area (Å²) in [4.78, 5) is 12.3. The number of fused-ring (bicyclic) bond motifs is 1. The highest BCUT2D eigenvalue weighted by atomic mass is 19.1. The molecule has 0 bridgehead atoms. The number of hydrogen-bond donors (Lipinski definition) is 2. The fourth-order valence-electron chi connectivity index (χ4n) is 5.27. The molecule has 0 aliphatic rings. The summed E-state index contributed by atoms with van der Waals surface area (Å²) in [5, 5.41) is 24.4. The van der Waals surface area contributed by atoms with Gasteiger partial charge >= 0.3 is 0 Å². The maximum atomic E-state index is 15.2. The molecule has 0 radical (unpaired) electrons. The number of aromatic hydroxyl groups is 2. The molecular weight excluding hydrogens is 559 g/mol. The maximum Gasteiger partial charge on any atom is 0.216 e. The number of hydrogen-bond acceptors (Lipinski definition) is 6. The molecule has 0 fully saturated rings. The van der Waals surface area contributed by atoms with Crippen molar-refractivity contribution in [2.45, 2.75) is 51.4 Å². The topological polar surface area (TPSA) is 129 Å². The molecule has 5 aromatic rings. The molecule has 0 amide bonds. The second-order valence-corrected chi connectivity index (χ2v) is 10.7. The number of ether oxygens (including phenoxy) is 1. The zero-order chi connectivity index (χ0) is 30.7. The van der Waals surface area contributed by atoms with Crippen LogP contribution in [0.2, 0.25) is 0 Å². The second-order valence-electron chi connectivity index (χ2n) is 10.7. The zero-order valence-electron chi connectivity index (χ0n) is 24.4. The van der Waals surface area contributed by atoms with E-state index < -0.39 is 5.82 Å². The van der Waals surface area contributed by atoms with Crippen molar-refractivity contribution in [2.75, 3.05) is 13.2 Å². The average molecular weight is 595 g/mol. The van der Waals surface area contributed by atoms with Crippen LogP contribution in [-0.4, -0.2) is 37.7 Å². The first kappa shape index (κ1) is 30.4. The van der Waals surface area contributed by atoms with E-state index in [-0.39, 0.29) is 23.8 Å². The number of aromatic nitrogens is 3. The fourth-order valence-corrected chi connectivity index (χ4v) is 5.27. The maximum absolute atomic E-state index is 15.2. The Bertz CT molecular complexity index is 1730. The van der Waals surface area contributed by atoms with Gasteiger partial charge in [0.2, 0.25) is 5.88 Å². The Kier molecular flexibility index (Phi) is 10.3. The predicted octanol–water partition coefficient (Wildman–Crippen LogP) is 8.16. The quantitative estimate of drug-likeness (QED) is 0.0547. The number of azide groups is 1. The molecule has 2 aromatic heterocycles. The van der Waals surface area contributed by atoms with Crippen LogP contribution in [0.5, 0.6) is 17.4 Å². The van der Waals surface area contributed by atoms with Gasteiger partial charge in [0.05, 0.1) is 29.9 Å². The van der Waals surface area contributed by atoms with Gasteiger partial charge in [-0.25, -0.2) is 14.4 Å². The lowest BCUT2D eigenvalue weighted by atomic mass is 10.0. The van der Waals surface area contributed by atoms with E-state index in [0.29, 0.717) is 47.9 Å². The molecule has 3 aromatic carbocycles. The minimum atomic E-state index is -0.452. The van der Waals surface area contributed by atoms with Crippen LogP contribution in [-0.2, 0) is 12.8 Å². The first-order valence-electron chi connectivity index (χ1n) is 14.9. The Morgan fingerprint density at radius 2 is 1.61 bits per heavy atom. The van der Waals surface area contributed by atoms with E-state index in [1.807, 2.05) is 36.4 Å². The van der Waals surface area contributed by atoms with Crippen LogP contribution in [0.25, 0.3) is 27.3 Å². The Balaban J connectivity index is 1.34. The normalized spacial score (nSPS) is 11.0. The molecule has 10 heteroatoms. The molecule has 2 heterocycles. The highest BCUT2D eigenvalue weighted by Gasteiger charge is 2.20. The Morgan fingerprint density at radius 1 is 0.864 bits per heavy atom. The van der Waals surface area contributed by atoms with Crippen molar-refractivity contribution in [3.63, 3.8) is 0 Å². The van der Waals surface area contributed by atoms with Gasteiger partial charge in [0, 0.05) is 29.9 Å². The fraction of sp³-hybridized carbons (Fsp3) is 0.294. The zero-order valence-corrected chi connectivity index (χ0v) is 24.4. The molecule has 5 rings (SSSR count). The van der Waals surface area contributed by atoms with Gasteiger partial charge in [-0.1, -0.05) is 67.2 Å². The number of benzene rings is 3. The van der Waals surface area contributed by atoms with Crippen LogP contribution in [0.1, 0.15) is 61.0 Å². The van der Waals surface area contributed by atoms with Gasteiger partial charge < -0.3 is 14.9 Å². The van der Waals surface area contributed by atoms with E-state index in [2.05, 4.69) is 15.0 Å². The van der Waals surface area contributed by atoms with Crippen LogP contribution in [0.3, 0.4) is 0 Å². The van der Waals surface area contributed by atoms with Gasteiger partial charge in [-0.3, -0.25) is 4.40 Å². The largest absolute Gasteiger partial charge is 0.508 e. The predicted molar refractivity (Wildman–Crippen MR) is 167 cm³/mol. The molecule has 0 saturated carbocycles. The van der Waals surface area contributed by atoms with Crippen LogP contribution in [0, 0.1) is 5.82 Å². The summed E-state index contributed by atoms with van der Waals surface area (Å²) in [6, 6.07) is 21.5. The highest BCUT2D eigenvalue weighted by Crippen LogP contribution is 2.32. The molecule has 9 nitrogen and oxygen atoms in total. The SMILES string of the molecule is [N-]=[N+]=NCCCCCCCCOc1ccc(Cc2c(-c3ccc(O)cc3)nc(Cc3ccccc3)c3ncc(O)n23)cc1F. The van der Waals surface area contributed by atoms with Gasteiger partial charge in [-0.2, -0.15) is 0 Å². The molecular formula is C34H35FN6O3. The molecule has 0 atom stereocenters. The molecule has 0 unspecified atom stereocenters. The van der Waals surface area contributed by atoms with Gasteiger partial charge in [0.25, 0.3) is 0 Å².